The van der Waals surface area contributed by atoms with Crippen molar-refractivity contribution in [2.45, 2.75) is 44.9 Å². The average Bonchev–Trinajstić information content (AvgIpc) is 2.83. The molecule has 0 aliphatic heterocycles. The highest BCUT2D eigenvalue weighted by Gasteiger charge is 2.46. The van der Waals surface area contributed by atoms with E-state index < -0.39 is 11.4 Å². The Labute approximate surface area is 118 Å². The quantitative estimate of drug-likeness (QED) is 0.916. The van der Waals surface area contributed by atoms with Gasteiger partial charge in [0, 0.05) is 10.6 Å². The molecule has 0 amide bonds. The van der Waals surface area contributed by atoms with Gasteiger partial charge in [-0.3, -0.25) is 4.79 Å². The van der Waals surface area contributed by atoms with E-state index in [0.717, 1.165) is 29.5 Å². The minimum absolute atomic E-state index is 0.612. The first-order valence-electron chi connectivity index (χ1n) is 6.51. The molecule has 1 saturated carbocycles. The SMILES string of the molecule is COc1c(C)cc(Cl)c(C)c1C1(C(=O)O)CCCC1. The minimum Gasteiger partial charge on any atom is -0.496 e. The third-order valence-electron chi connectivity index (χ3n) is 4.21. The molecule has 1 aliphatic carbocycles. The Hall–Kier alpha value is -1.22. The first-order valence-corrected chi connectivity index (χ1v) is 6.89. The fraction of sp³-hybridized carbons (Fsp3) is 0.533. The van der Waals surface area contributed by atoms with Crippen LogP contribution in [-0.2, 0) is 10.2 Å². The lowest BCUT2D eigenvalue weighted by Gasteiger charge is -2.29. The largest absolute Gasteiger partial charge is 0.496 e. The van der Waals surface area contributed by atoms with E-state index in [1.165, 1.54) is 0 Å². The molecule has 1 aliphatic rings. The summed E-state index contributed by atoms with van der Waals surface area (Å²) in [5, 5.41) is 10.4. The van der Waals surface area contributed by atoms with Gasteiger partial charge in [0.25, 0.3) is 0 Å². The molecule has 1 N–H and O–H groups in total. The number of methoxy groups -OCH3 is 1. The number of rotatable bonds is 3. The maximum atomic E-state index is 11.9. The summed E-state index contributed by atoms with van der Waals surface area (Å²) in [4.78, 5) is 11.9. The van der Waals surface area contributed by atoms with Gasteiger partial charge < -0.3 is 9.84 Å². The molecule has 0 heterocycles. The summed E-state index contributed by atoms with van der Waals surface area (Å²) in [6.07, 6.45) is 3.17. The lowest BCUT2D eigenvalue weighted by Crippen LogP contribution is -2.34. The van der Waals surface area contributed by atoms with Crippen LogP contribution >= 0.6 is 11.6 Å². The van der Waals surface area contributed by atoms with Crippen LogP contribution in [0.4, 0.5) is 0 Å². The molecular weight excluding hydrogens is 264 g/mol. The van der Waals surface area contributed by atoms with Crippen molar-refractivity contribution >= 4 is 17.6 Å². The molecule has 0 saturated heterocycles. The van der Waals surface area contributed by atoms with E-state index in [4.69, 9.17) is 16.3 Å². The lowest BCUT2D eigenvalue weighted by atomic mass is 9.75. The van der Waals surface area contributed by atoms with Crippen molar-refractivity contribution in [3.8, 4) is 5.75 Å². The summed E-state index contributed by atoms with van der Waals surface area (Å²) >= 11 is 6.24. The third kappa shape index (κ3) is 2.10. The highest BCUT2D eigenvalue weighted by molar-refractivity contribution is 6.31. The lowest BCUT2D eigenvalue weighted by molar-refractivity contribution is -0.143. The zero-order valence-corrected chi connectivity index (χ0v) is 12.3. The topological polar surface area (TPSA) is 46.5 Å². The van der Waals surface area contributed by atoms with Gasteiger partial charge in [-0.15, -0.1) is 0 Å². The molecule has 0 unspecified atom stereocenters. The van der Waals surface area contributed by atoms with E-state index in [1.807, 2.05) is 19.9 Å². The van der Waals surface area contributed by atoms with Crippen molar-refractivity contribution in [3.63, 3.8) is 0 Å². The summed E-state index contributed by atoms with van der Waals surface area (Å²) < 4.78 is 5.48. The van der Waals surface area contributed by atoms with E-state index in [-0.39, 0.29) is 0 Å². The molecule has 2 rings (SSSR count). The van der Waals surface area contributed by atoms with Gasteiger partial charge in [0.05, 0.1) is 12.5 Å². The number of aliphatic carboxylic acids is 1. The standard InChI is InChI=1S/C15H19ClO3/c1-9-8-11(16)10(2)12(13(9)19-3)15(14(17)18)6-4-5-7-15/h8H,4-7H2,1-3H3,(H,17,18). The highest BCUT2D eigenvalue weighted by atomic mass is 35.5. The Balaban J connectivity index is 2.76. The fourth-order valence-corrected chi connectivity index (χ4v) is 3.50. The number of carboxylic acids is 1. The zero-order chi connectivity index (χ0) is 14.2. The Kier molecular flexibility index (Phi) is 3.77. The predicted octanol–water partition coefficient (Wildman–Crippen LogP) is 3.86. The van der Waals surface area contributed by atoms with Gasteiger partial charge >= 0.3 is 5.97 Å². The van der Waals surface area contributed by atoms with Gasteiger partial charge in [-0.25, -0.2) is 0 Å². The molecule has 4 heteroatoms. The van der Waals surface area contributed by atoms with Crippen molar-refractivity contribution in [2.75, 3.05) is 7.11 Å². The maximum Gasteiger partial charge on any atom is 0.314 e. The number of hydrogen-bond acceptors (Lipinski definition) is 2. The molecule has 0 atom stereocenters. The van der Waals surface area contributed by atoms with E-state index in [1.54, 1.807) is 7.11 Å². The summed E-state index contributed by atoms with van der Waals surface area (Å²) in [6, 6.07) is 1.84. The smallest absolute Gasteiger partial charge is 0.314 e. The number of halogens is 1. The molecule has 19 heavy (non-hydrogen) atoms. The molecule has 1 aromatic rings. The van der Waals surface area contributed by atoms with Crippen LogP contribution < -0.4 is 4.74 Å². The van der Waals surface area contributed by atoms with Gasteiger partial charge in [0.15, 0.2) is 0 Å². The number of carboxylic acid groups (broad SMARTS) is 1. The number of hydrogen-bond donors (Lipinski definition) is 1. The van der Waals surface area contributed by atoms with Crippen molar-refractivity contribution in [1.29, 1.82) is 0 Å². The van der Waals surface area contributed by atoms with E-state index in [9.17, 15) is 9.90 Å². The molecular formula is C15H19ClO3. The molecule has 0 bridgehead atoms. The average molecular weight is 283 g/mol. The molecule has 1 aromatic carbocycles. The van der Waals surface area contributed by atoms with Crippen LogP contribution in [0, 0.1) is 13.8 Å². The number of carbonyl (C=O) groups is 1. The summed E-state index contributed by atoms with van der Waals surface area (Å²) in [5.41, 5.74) is 1.64. The Morgan fingerprint density at radius 1 is 1.37 bits per heavy atom. The minimum atomic E-state index is -0.842. The summed E-state index contributed by atoms with van der Waals surface area (Å²) in [5.74, 6) is -0.0979. The van der Waals surface area contributed by atoms with Crippen molar-refractivity contribution in [3.05, 3.63) is 27.8 Å². The van der Waals surface area contributed by atoms with Gasteiger partial charge in [0.2, 0.25) is 0 Å². The summed E-state index contributed by atoms with van der Waals surface area (Å²) in [6.45, 7) is 3.78. The van der Waals surface area contributed by atoms with Crippen LogP contribution in [-0.4, -0.2) is 18.2 Å². The molecule has 0 aromatic heterocycles. The van der Waals surface area contributed by atoms with Gasteiger partial charge in [-0.05, 0) is 43.9 Å². The Morgan fingerprint density at radius 3 is 2.42 bits per heavy atom. The molecule has 0 spiro atoms. The number of benzene rings is 1. The highest BCUT2D eigenvalue weighted by Crippen LogP contribution is 2.48. The first kappa shape index (κ1) is 14.2. The Morgan fingerprint density at radius 2 is 1.95 bits per heavy atom. The Bertz CT molecular complexity index is 517. The van der Waals surface area contributed by atoms with Crippen LogP contribution in [0.1, 0.15) is 42.4 Å². The van der Waals surface area contributed by atoms with E-state index >= 15 is 0 Å². The number of ether oxygens (including phenoxy) is 1. The fourth-order valence-electron chi connectivity index (χ4n) is 3.24. The van der Waals surface area contributed by atoms with Crippen LogP contribution in [0.25, 0.3) is 0 Å². The molecule has 3 nitrogen and oxygen atoms in total. The molecule has 1 fully saturated rings. The second kappa shape index (κ2) is 5.04. The van der Waals surface area contributed by atoms with E-state index in [2.05, 4.69) is 0 Å². The molecule has 104 valence electrons. The van der Waals surface area contributed by atoms with Crippen LogP contribution in [0.15, 0.2) is 6.07 Å². The predicted molar refractivity (Wildman–Crippen MR) is 75.3 cm³/mol. The van der Waals surface area contributed by atoms with Crippen LogP contribution in [0.2, 0.25) is 5.02 Å². The van der Waals surface area contributed by atoms with Crippen LogP contribution in [0.3, 0.4) is 0 Å². The zero-order valence-electron chi connectivity index (χ0n) is 11.5. The van der Waals surface area contributed by atoms with Crippen molar-refractivity contribution in [2.24, 2.45) is 0 Å². The second-order valence-electron chi connectivity index (χ2n) is 5.30. The molecule has 0 radical (unpaired) electrons. The van der Waals surface area contributed by atoms with Gasteiger partial charge in [0.1, 0.15) is 5.75 Å². The monoisotopic (exact) mass is 282 g/mol. The first-order chi connectivity index (χ1) is 8.94. The second-order valence-corrected chi connectivity index (χ2v) is 5.71. The van der Waals surface area contributed by atoms with Gasteiger partial charge in [-0.2, -0.15) is 0 Å². The summed E-state index contributed by atoms with van der Waals surface area (Å²) in [7, 11) is 1.59. The van der Waals surface area contributed by atoms with Crippen LogP contribution in [0.5, 0.6) is 5.75 Å². The maximum absolute atomic E-state index is 11.9. The number of aryl methyl sites for hydroxylation is 1. The normalized spacial score (nSPS) is 17.5. The third-order valence-corrected chi connectivity index (χ3v) is 4.60. The van der Waals surface area contributed by atoms with E-state index in [0.29, 0.717) is 23.6 Å². The van der Waals surface area contributed by atoms with Crippen molar-refractivity contribution < 1.29 is 14.6 Å². The van der Waals surface area contributed by atoms with Gasteiger partial charge in [-0.1, -0.05) is 24.4 Å². The van der Waals surface area contributed by atoms with Crippen molar-refractivity contribution in [1.82, 2.24) is 0 Å².